The van der Waals surface area contributed by atoms with E-state index < -0.39 is 36.6 Å². The molecular weight excluding hydrogens is 226 g/mol. The van der Waals surface area contributed by atoms with Crippen LogP contribution in [0.4, 0.5) is 4.79 Å². The van der Waals surface area contributed by atoms with Crippen molar-refractivity contribution in [2.75, 3.05) is 13.2 Å². The molecule has 0 aromatic rings. The Labute approximate surface area is 101 Å². The van der Waals surface area contributed by atoms with Crippen molar-refractivity contribution in [3.63, 3.8) is 0 Å². The molecule has 3 atom stereocenters. The van der Waals surface area contributed by atoms with Crippen molar-refractivity contribution < 1.29 is 24.9 Å². The first-order valence-corrected chi connectivity index (χ1v) is 5.73. The maximum absolute atomic E-state index is 11.8. The Bertz CT molecular complexity index is 276. The summed E-state index contributed by atoms with van der Waals surface area (Å²) in [7, 11) is 0. The molecule has 100 valence electrons. The molecular formula is C11H21NO5. The maximum Gasteiger partial charge on any atom is 0.410 e. The number of rotatable bonds is 2. The fraction of sp³-hybridized carbons (Fsp3) is 0.909. The second-order valence-corrected chi connectivity index (χ2v) is 5.27. The van der Waals surface area contributed by atoms with Gasteiger partial charge >= 0.3 is 6.09 Å². The molecule has 0 aliphatic carbocycles. The molecule has 0 spiro atoms. The van der Waals surface area contributed by atoms with Crippen molar-refractivity contribution in [1.82, 2.24) is 4.90 Å². The molecule has 6 heteroatoms. The third-order valence-corrected chi connectivity index (χ3v) is 2.63. The van der Waals surface area contributed by atoms with Gasteiger partial charge in [-0.3, -0.25) is 4.90 Å². The number of carbonyl (C=O) groups is 1. The lowest BCUT2D eigenvalue weighted by Crippen LogP contribution is -2.50. The number of amides is 1. The van der Waals surface area contributed by atoms with E-state index in [9.17, 15) is 15.0 Å². The van der Waals surface area contributed by atoms with Crippen LogP contribution < -0.4 is 0 Å². The van der Waals surface area contributed by atoms with Gasteiger partial charge in [-0.05, 0) is 27.2 Å². The van der Waals surface area contributed by atoms with Crippen molar-refractivity contribution in [3.8, 4) is 0 Å². The molecule has 0 radical (unpaired) electrons. The van der Waals surface area contributed by atoms with Gasteiger partial charge in [0.25, 0.3) is 0 Å². The van der Waals surface area contributed by atoms with Gasteiger partial charge in [-0.1, -0.05) is 0 Å². The smallest absolute Gasteiger partial charge is 0.410 e. The Morgan fingerprint density at radius 1 is 1.53 bits per heavy atom. The fourth-order valence-corrected chi connectivity index (χ4v) is 1.90. The van der Waals surface area contributed by atoms with E-state index in [-0.39, 0.29) is 0 Å². The van der Waals surface area contributed by atoms with E-state index in [1.54, 1.807) is 20.8 Å². The average Bonchev–Trinajstić information content (AvgIpc) is 2.56. The van der Waals surface area contributed by atoms with Gasteiger partial charge in [0.15, 0.2) is 0 Å². The number of carbonyl (C=O) groups excluding carboxylic acids is 1. The molecule has 1 unspecified atom stereocenters. The largest absolute Gasteiger partial charge is 0.444 e. The third kappa shape index (κ3) is 3.55. The lowest BCUT2D eigenvalue weighted by molar-refractivity contribution is -0.0295. The zero-order chi connectivity index (χ0) is 13.2. The monoisotopic (exact) mass is 247 g/mol. The van der Waals surface area contributed by atoms with E-state index in [4.69, 9.17) is 9.84 Å². The Morgan fingerprint density at radius 2 is 2.12 bits per heavy atom. The highest BCUT2D eigenvalue weighted by Gasteiger charge is 2.41. The average molecular weight is 247 g/mol. The van der Waals surface area contributed by atoms with E-state index in [0.717, 1.165) is 0 Å². The zero-order valence-electron chi connectivity index (χ0n) is 10.5. The molecule has 1 fully saturated rings. The number of aliphatic hydroxyl groups is 3. The van der Waals surface area contributed by atoms with Gasteiger partial charge in [0.2, 0.25) is 0 Å². The highest BCUT2D eigenvalue weighted by Crippen LogP contribution is 2.23. The SMILES string of the molecule is CC(C)(C)OC(=O)N1CCC(O)[C@@H]1[C@H](O)CO. The summed E-state index contributed by atoms with van der Waals surface area (Å²) in [6.07, 6.45) is -2.18. The van der Waals surface area contributed by atoms with Gasteiger partial charge in [-0.25, -0.2) is 4.79 Å². The minimum atomic E-state index is -1.15. The summed E-state index contributed by atoms with van der Waals surface area (Å²) >= 11 is 0. The quantitative estimate of drug-likeness (QED) is 0.624. The highest BCUT2D eigenvalue weighted by atomic mass is 16.6. The van der Waals surface area contributed by atoms with Crippen molar-refractivity contribution in [1.29, 1.82) is 0 Å². The van der Waals surface area contributed by atoms with Crippen LogP contribution in [0, 0.1) is 0 Å². The summed E-state index contributed by atoms with van der Waals surface area (Å²) in [6, 6.07) is -0.796. The Morgan fingerprint density at radius 3 is 2.59 bits per heavy atom. The van der Waals surface area contributed by atoms with Crippen LogP contribution in [0.3, 0.4) is 0 Å². The van der Waals surface area contributed by atoms with Gasteiger partial charge < -0.3 is 20.1 Å². The van der Waals surface area contributed by atoms with Crippen molar-refractivity contribution >= 4 is 6.09 Å². The Balaban J connectivity index is 2.72. The van der Waals surface area contributed by atoms with E-state index in [1.807, 2.05) is 0 Å². The molecule has 3 N–H and O–H groups in total. The molecule has 1 amide bonds. The number of hydrogen-bond donors (Lipinski definition) is 3. The van der Waals surface area contributed by atoms with Gasteiger partial charge in [0, 0.05) is 6.54 Å². The summed E-state index contributed by atoms with van der Waals surface area (Å²) in [5.41, 5.74) is -0.626. The van der Waals surface area contributed by atoms with Crippen molar-refractivity contribution in [2.24, 2.45) is 0 Å². The van der Waals surface area contributed by atoms with Crippen molar-refractivity contribution in [2.45, 2.75) is 51.0 Å². The minimum Gasteiger partial charge on any atom is -0.444 e. The van der Waals surface area contributed by atoms with Crippen LogP contribution in [0.5, 0.6) is 0 Å². The first-order valence-electron chi connectivity index (χ1n) is 5.73. The molecule has 0 aromatic carbocycles. The summed E-state index contributed by atoms with van der Waals surface area (Å²) < 4.78 is 5.18. The van der Waals surface area contributed by atoms with Crippen LogP contribution in [0.1, 0.15) is 27.2 Å². The summed E-state index contributed by atoms with van der Waals surface area (Å²) in [4.78, 5) is 13.1. The number of hydrogen-bond acceptors (Lipinski definition) is 5. The van der Waals surface area contributed by atoms with Gasteiger partial charge in [0.05, 0.1) is 18.8 Å². The van der Waals surface area contributed by atoms with Crippen LogP contribution in [-0.4, -0.2) is 63.3 Å². The standard InChI is InChI=1S/C11H21NO5/c1-11(2,3)17-10(16)12-5-4-7(14)9(12)8(15)6-13/h7-9,13-15H,4-6H2,1-3H3/t7?,8-,9-/m1/s1. The number of likely N-dealkylation sites (tertiary alicyclic amines) is 1. The molecule has 1 heterocycles. The number of ether oxygens (including phenoxy) is 1. The van der Waals surface area contributed by atoms with Gasteiger partial charge in [-0.15, -0.1) is 0 Å². The second-order valence-electron chi connectivity index (χ2n) is 5.27. The molecule has 0 bridgehead atoms. The zero-order valence-corrected chi connectivity index (χ0v) is 10.5. The Kier molecular flexibility index (Phi) is 4.35. The second kappa shape index (κ2) is 5.20. The van der Waals surface area contributed by atoms with Crippen molar-refractivity contribution in [3.05, 3.63) is 0 Å². The summed E-state index contributed by atoms with van der Waals surface area (Å²) in [6.45, 7) is 5.05. The van der Waals surface area contributed by atoms with Crippen LogP contribution >= 0.6 is 0 Å². The van der Waals surface area contributed by atoms with E-state index in [1.165, 1.54) is 4.90 Å². The molecule has 17 heavy (non-hydrogen) atoms. The predicted molar refractivity (Wildman–Crippen MR) is 60.4 cm³/mol. The molecule has 1 saturated heterocycles. The van der Waals surface area contributed by atoms with Crippen LogP contribution in [0.25, 0.3) is 0 Å². The highest BCUT2D eigenvalue weighted by molar-refractivity contribution is 5.69. The lowest BCUT2D eigenvalue weighted by atomic mass is 10.1. The first-order chi connectivity index (χ1) is 7.76. The van der Waals surface area contributed by atoms with E-state index in [2.05, 4.69) is 0 Å². The number of aliphatic hydroxyl groups excluding tert-OH is 3. The molecule has 6 nitrogen and oxygen atoms in total. The van der Waals surface area contributed by atoms with Gasteiger partial charge in [0.1, 0.15) is 11.7 Å². The number of nitrogens with zero attached hydrogens (tertiary/aromatic N) is 1. The van der Waals surface area contributed by atoms with Crippen LogP contribution in [-0.2, 0) is 4.74 Å². The van der Waals surface area contributed by atoms with E-state index in [0.29, 0.717) is 13.0 Å². The first kappa shape index (κ1) is 14.2. The molecule has 1 rings (SSSR count). The molecule has 1 aliphatic rings. The minimum absolute atomic E-state index is 0.317. The summed E-state index contributed by atoms with van der Waals surface area (Å²) in [5.74, 6) is 0. The molecule has 0 saturated carbocycles. The normalized spacial score (nSPS) is 27.1. The van der Waals surface area contributed by atoms with Crippen LogP contribution in [0.2, 0.25) is 0 Å². The predicted octanol–water partition coefficient (Wildman–Crippen LogP) is -0.290. The molecule has 1 aliphatic heterocycles. The lowest BCUT2D eigenvalue weighted by Gasteiger charge is -2.31. The van der Waals surface area contributed by atoms with E-state index >= 15 is 0 Å². The fourth-order valence-electron chi connectivity index (χ4n) is 1.90. The molecule has 0 aromatic heterocycles. The maximum atomic E-state index is 11.8. The third-order valence-electron chi connectivity index (χ3n) is 2.63. The summed E-state index contributed by atoms with van der Waals surface area (Å²) in [5, 5.41) is 28.2. The Hall–Kier alpha value is -0.850. The van der Waals surface area contributed by atoms with Gasteiger partial charge in [-0.2, -0.15) is 0 Å². The topological polar surface area (TPSA) is 90.2 Å². The van der Waals surface area contributed by atoms with Crippen LogP contribution in [0.15, 0.2) is 0 Å².